The largest absolute Gasteiger partial charge is 0.435 e. The molecule has 7 rings (SSSR count). The van der Waals surface area contributed by atoms with E-state index in [2.05, 4.69) is 62.2 Å². The number of hydrogen-bond acceptors (Lipinski definition) is 11. The summed E-state index contributed by atoms with van der Waals surface area (Å²) in [5.74, 6) is -1.05. The molecule has 252 valence electrons. The number of likely N-dealkylation sites (N-methyl/N-ethyl adjacent to an activating group) is 1. The van der Waals surface area contributed by atoms with Gasteiger partial charge >= 0.3 is 13.2 Å². The number of benzene rings is 1. The van der Waals surface area contributed by atoms with Crippen molar-refractivity contribution in [3.8, 4) is 22.8 Å². The van der Waals surface area contributed by atoms with Crippen molar-refractivity contribution in [1.29, 1.82) is 0 Å². The van der Waals surface area contributed by atoms with Crippen LogP contribution in [-0.4, -0.2) is 113 Å². The smallest absolute Gasteiger partial charge is 0.387 e. The Morgan fingerprint density at radius 1 is 1.12 bits per heavy atom. The lowest BCUT2D eigenvalue weighted by atomic mass is 10.1. The summed E-state index contributed by atoms with van der Waals surface area (Å²) < 4.78 is 64.9. The van der Waals surface area contributed by atoms with E-state index >= 15 is 0 Å². The van der Waals surface area contributed by atoms with Gasteiger partial charge in [-0.2, -0.15) is 32.6 Å². The fourth-order valence-corrected chi connectivity index (χ4v) is 6.00. The van der Waals surface area contributed by atoms with Crippen LogP contribution in [0.1, 0.15) is 35.1 Å². The minimum atomic E-state index is -3.24. The van der Waals surface area contributed by atoms with E-state index in [-0.39, 0.29) is 52.2 Å². The van der Waals surface area contributed by atoms with Gasteiger partial charge in [-0.05, 0) is 55.9 Å². The van der Waals surface area contributed by atoms with Gasteiger partial charge in [0.15, 0.2) is 11.5 Å². The Kier molecular flexibility index (Phi) is 8.61. The number of alkyl halides is 4. The molecule has 2 aliphatic rings. The third kappa shape index (κ3) is 6.63. The summed E-state index contributed by atoms with van der Waals surface area (Å²) in [7, 11) is 2.15. The maximum absolute atomic E-state index is 13.4. The standard InChI is InChI=1S/C29H30F4N12O3/c1-41-8-2-4-17(41)12-42-13-18(14-42)45-38-24(37-40-45)16-43-15-22(36-27(46)21-11-35-44-9-3-7-34-26(21)44)25(39-43)20-10-19(47-28(30)31)5-6-23(20)48-29(32)33/h3,5-7,9-11,15,17-18,28-29H,2,4,8,12-14,16H2,1H3,(H,36,46)/t17-/m0/s1. The molecule has 1 amide bonds. The third-order valence-electron chi connectivity index (χ3n) is 8.36. The van der Waals surface area contributed by atoms with E-state index in [1.54, 1.807) is 17.1 Å². The van der Waals surface area contributed by atoms with E-state index in [1.807, 2.05) is 0 Å². The van der Waals surface area contributed by atoms with Gasteiger partial charge in [0.2, 0.25) is 0 Å². The number of carbonyl (C=O) groups excluding carboxylic acids is 1. The maximum atomic E-state index is 13.4. The van der Waals surface area contributed by atoms with Crippen molar-refractivity contribution >= 4 is 17.2 Å². The van der Waals surface area contributed by atoms with Crippen molar-refractivity contribution in [3.63, 3.8) is 0 Å². The molecule has 0 unspecified atom stereocenters. The molecule has 48 heavy (non-hydrogen) atoms. The van der Waals surface area contributed by atoms with Gasteiger partial charge in [0.1, 0.15) is 29.3 Å². The molecule has 0 aliphatic carbocycles. The highest BCUT2D eigenvalue weighted by molar-refractivity contribution is 6.09. The highest BCUT2D eigenvalue weighted by Crippen LogP contribution is 2.38. The minimum Gasteiger partial charge on any atom is -0.435 e. The molecule has 19 heteroatoms. The average molecular weight is 671 g/mol. The van der Waals surface area contributed by atoms with Crippen LogP contribution in [0.25, 0.3) is 16.9 Å². The number of nitrogens with one attached hydrogen (secondary N) is 1. The second kappa shape index (κ2) is 13.1. The van der Waals surface area contributed by atoms with Gasteiger partial charge in [-0.3, -0.25) is 14.4 Å². The van der Waals surface area contributed by atoms with Crippen LogP contribution in [0.5, 0.6) is 11.5 Å². The molecule has 0 spiro atoms. The van der Waals surface area contributed by atoms with Crippen LogP contribution in [0.2, 0.25) is 0 Å². The number of amides is 1. The topological polar surface area (TPSA) is 146 Å². The molecule has 0 radical (unpaired) electrons. The van der Waals surface area contributed by atoms with E-state index in [0.717, 1.165) is 44.4 Å². The predicted molar refractivity (Wildman–Crippen MR) is 160 cm³/mol. The van der Waals surface area contributed by atoms with E-state index in [0.29, 0.717) is 11.9 Å². The van der Waals surface area contributed by atoms with Gasteiger partial charge in [-0.15, -0.1) is 10.2 Å². The number of likely N-dealkylation sites (tertiary alicyclic amines) is 2. The Morgan fingerprint density at radius 3 is 2.73 bits per heavy atom. The van der Waals surface area contributed by atoms with Crippen molar-refractivity contribution in [3.05, 3.63) is 60.4 Å². The lowest BCUT2D eigenvalue weighted by molar-refractivity contribution is -0.0526. The molecule has 0 bridgehead atoms. The zero-order valence-electron chi connectivity index (χ0n) is 25.5. The first-order valence-corrected chi connectivity index (χ1v) is 15.1. The van der Waals surface area contributed by atoms with Crippen LogP contribution in [-0.2, 0) is 6.54 Å². The van der Waals surface area contributed by atoms with Gasteiger partial charge in [-0.25, -0.2) is 9.50 Å². The minimum absolute atomic E-state index is 0.0112. The monoisotopic (exact) mass is 670 g/mol. The molecular weight excluding hydrogens is 640 g/mol. The number of aromatic nitrogens is 9. The molecule has 6 heterocycles. The van der Waals surface area contributed by atoms with Gasteiger partial charge in [0, 0.05) is 44.3 Å². The zero-order chi connectivity index (χ0) is 33.4. The Hall–Kier alpha value is -5.17. The second-order valence-electron chi connectivity index (χ2n) is 11.6. The van der Waals surface area contributed by atoms with Gasteiger partial charge in [0.05, 0.1) is 23.5 Å². The van der Waals surface area contributed by atoms with Gasteiger partial charge < -0.3 is 19.7 Å². The van der Waals surface area contributed by atoms with Crippen molar-refractivity contribution < 1.29 is 31.8 Å². The number of ether oxygens (including phenoxy) is 2. The normalized spacial score (nSPS) is 17.4. The predicted octanol–water partition coefficient (Wildman–Crippen LogP) is 3.03. The number of anilines is 1. The van der Waals surface area contributed by atoms with Gasteiger partial charge in [0.25, 0.3) is 5.91 Å². The summed E-state index contributed by atoms with van der Waals surface area (Å²) in [5.41, 5.74) is 0.222. The van der Waals surface area contributed by atoms with Crippen LogP contribution in [0.4, 0.5) is 23.2 Å². The second-order valence-corrected chi connectivity index (χ2v) is 11.6. The van der Waals surface area contributed by atoms with Gasteiger partial charge in [-0.1, -0.05) is 0 Å². The molecule has 2 fully saturated rings. The molecule has 1 N–H and O–H groups in total. The number of carbonyl (C=O) groups is 1. The summed E-state index contributed by atoms with van der Waals surface area (Å²) in [6, 6.07) is 5.44. The summed E-state index contributed by atoms with van der Waals surface area (Å²) in [6.07, 6.45) is 8.26. The van der Waals surface area contributed by atoms with Crippen LogP contribution >= 0.6 is 0 Å². The summed E-state index contributed by atoms with van der Waals surface area (Å²) in [6.45, 7) is -2.73. The summed E-state index contributed by atoms with van der Waals surface area (Å²) >= 11 is 0. The number of hydrogen-bond donors (Lipinski definition) is 1. The maximum Gasteiger partial charge on any atom is 0.387 e. The van der Waals surface area contributed by atoms with Crippen molar-refractivity contribution in [2.45, 2.75) is 44.7 Å². The highest BCUT2D eigenvalue weighted by atomic mass is 19.3. The molecule has 1 aromatic carbocycles. The fourth-order valence-electron chi connectivity index (χ4n) is 6.00. The highest BCUT2D eigenvalue weighted by Gasteiger charge is 2.34. The lowest BCUT2D eigenvalue weighted by Crippen LogP contribution is -2.52. The number of fused-ring (bicyclic) bond motifs is 1. The van der Waals surface area contributed by atoms with Crippen LogP contribution < -0.4 is 14.8 Å². The van der Waals surface area contributed by atoms with Crippen LogP contribution in [0.3, 0.4) is 0 Å². The molecule has 4 aromatic heterocycles. The molecule has 5 aromatic rings. The average Bonchev–Trinajstić information content (AvgIpc) is 3.83. The number of tetrazole rings is 1. The molecule has 2 aliphatic heterocycles. The molecule has 15 nitrogen and oxygen atoms in total. The Labute approximate surface area is 270 Å². The van der Waals surface area contributed by atoms with E-state index < -0.39 is 19.1 Å². The van der Waals surface area contributed by atoms with E-state index in [1.165, 1.54) is 40.6 Å². The van der Waals surface area contributed by atoms with Crippen LogP contribution in [0.15, 0.2) is 49.1 Å². The number of rotatable bonds is 12. The number of nitrogens with zero attached hydrogens (tertiary/aromatic N) is 11. The van der Waals surface area contributed by atoms with E-state index in [4.69, 9.17) is 0 Å². The first kappa shape index (κ1) is 31.4. The zero-order valence-corrected chi connectivity index (χ0v) is 25.5. The molecular formula is C29H30F4N12O3. The van der Waals surface area contributed by atoms with Crippen LogP contribution in [0, 0.1) is 0 Å². The Balaban J connectivity index is 1.16. The Morgan fingerprint density at radius 2 is 1.96 bits per heavy atom. The first-order chi connectivity index (χ1) is 23.2. The molecule has 1 atom stereocenters. The molecule has 0 saturated carbocycles. The van der Waals surface area contributed by atoms with Crippen molar-refractivity contribution in [1.82, 2.24) is 54.4 Å². The fraction of sp³-hybridized carbons (Fsp3) is 0.414. The number of halogens is 4. The summed E-state index contributed by atoms with van der Waals surface area (Å²) in [5, 5.41) is 24.2. The first-order valence-electron chi connectivity index (χ1n) is 15.1. The quantitative estimate of drug-likeness (QED) is 0.196. The lowest BCUT2D eigenvalue weighted by Gasteiger charge is -2.40. The third-order valence-corrected chi connectivity index (χ3v) is 8.36. The summed E-state index contributed by atoms with van der Waals surface area (Å²) in [4.78, 5) is 23.9. The Bertz CT molecular complexity index is 1910. The van der Waals surface area contributed by atoms with E-state index in [9.17, 15) is 22.4 Å². The molecule has 2 saturated heterocycles. The SMILES string of the molecule is CN1CCC[C@H]1CN1CC(n2nnc(Cn3cc(NC(=O)c4cnn5cccnc45)c(-c4cc(OC(F)F)ccc4OC(F)F)n3)n2)C1. The van der Waals surface area contributed by atoms with Crippen molar-refractivity contribution in [2.24, 2.45) is 0 Å². The van der Waals surface area contributed by atoms with Crippen molar-refractivity contribution in [2.75, 3.05) is 38.5 Å².